The molecule has 3 aromatic rings. The van der Waals surface area contributed by atoms with Crippen LogP contribution in [0.4, 0.5) is 10.3 Å². The minimum absolute atomic E-state index is 0.158. The van der Waals surface area contributed by atoms with Crippen molar-refractivity contribution in [2.75, 3.05) is 31.1 Å². The molecule has 2 aliphatic rings. The molecule has 2 saturated heterocycles. The molecule has 0 N–H and O–H groups in total. The Morgan fingerprint density at radius 3 is 2.53 bits per heavy atom. The first kappa shape index (κ1) is 22.4. The summed E-state index contributed by atoms with van der Waals surface area (Å²) in [5, 5.41) is 0. The van der Waals surface area contributed by atoms with E-state index < -0.39 is 0 Å². The van der Waals surface area contributed by atoms with Crippen LogP contribution < -0.4 is 4.90 Å². The molecular formula is C27H30FN5O. The Balaban J connectivity index is 1.27. The van der Waals surface area contributed by atoms with Gasteiger partial charge in [0.25, 0.3) is 0 Å². The van der Waals surface area contributed by atoms with E-state index in [2.05, 4.69) is 21.8 Å². The first-order valence-corrected chi connectivity index (χ1v) is 12.1. The van der Waals surface area contributed by atoms with Gasteiger partial charge in [0.2, 0.25) is 11.9 Å². The molecule has 0 aliphatic carbocycles. The summed E-state index contributed by atoms with van der Waals surface area (Å²) in [5.41, 5.74) is 1.70. The van der Waals surface area contributed by atoms with E-state index in [1.807, 2.05) is 35.2 Å². The number of carbonyl (C=O) groups is 1. The predicted molar refractivity (Wildman–Crippen MR) is 130 cm³/mol. The monoisotopic (exact) mass is 459 g/mol. The number of piperidine rings is 2. The third-order valence-corrected chi connectivity index (χ3v) is 7.27. The van der Waals surface area contributed by atoms with E-state index in [1.54, 1.807) is 24.5 Å². The summed E-state index contributed by atoms with van der Waals surface area (Å²) >= 11 is 0. The molecule has 5 rings (SSSR count). The van der Waals surface area contributed by atoms with Crippen LogP contribution >= 0.6 is 0 Å². The molecule has 1 aromatic carbocycles. The summed E-state index contributed by atoms with van der Waals surface area (Å²) in [5.74, 6) is 0.852. The van der Waals surface area contributed by atoms with Crippen molar-refractivity contribution in [3.63, 3.8) is 0 Å². The van der Waals surface area contributed by atoms with Crippen LogP contribution in [-0.4, -0.2) is 51.9 Å². The molecule has 1 atom stereocenters. The molecule has 176 valence electrons. The van der Waals surface area contributed by atoms with Gasteiger partial charge in [0.15, 0.2) is 0 Å². The zero-order valence-electron chi connectivity index (χ0n) is 19.5. The Kier molecular flexibility index (Phi) is 6.26. The number of aromatic nitrogens is 3. The fourth-order valence-electron chi connectivity index (χ4n) is 5.15. The lowest BCUT2D eigenvalue weighted by Gasteiger charge is -2.43. The zero-order chi connectivity index (χ0) is 23.5. The van der Waals surface area contributed by atoms with Crippen LogP contribution in [-0.2, 0) is 4.79 Å². The van der Waals surface area contributed by atoms with Gasteiger partial charge in [0, 0.05) is 61.2 Å². The van der Waals surface area contributed by atoms with Crippen LogP contribution in [0.3, 0.4) is 0 Å². The maximum Gasteiger partial charge on any atom is 0.228 e. The lowest BCUT2D eigenvalue weighted by molar-refractivity contribution is -0.143. The Hall–Kier alpha value is -3.35. The van der Waals surface area contributed by atoms with Crippen LogP contribution in [0.25, 0.3) is 11.3 Å². The van der Waals surface area contributed by atoms with Gasteiger partial charge in [0.1, 0.15) is 5.82 Å². The van der Waals surface area contributed by atoms with E-state index in [0.29, 0.717) is 17.8 Å². The van der Waals surface area contributed by atoms with Gasteiger partial charge in [-0.1, -0.05) is 25.1 Å². The molecule has 2 fully saturated rings. The van der Waals surface area contributed by atoms with E-state index in [-0.39, 0.29) is 23.1 Å². The summed E-state index contributed by atoms with van der Waals surface area (Å²) in [6.07, 6.45) is 7.00. The van der Waals surface area contributed by atoms with Gasteiger partial charge in [-0.15, -0.1) is 0 Å². The van der Waals surface area contributed by atoms with Crippen molar-refractivity contribution in [2.24, 2.45) is 5.41 Å². The summed E-state index contributed by atoms with van der Waals surface area (Å²) in [6, 6.07) is 14.3. The van der Waals surface area contributed by atoms with Crippen LogP contribution in [0.2, 0.25) is 0 Å². The van der Waals surface area contributed by atoms with Crippen molar-refractivity contribution in [1.82, 2.24) is 19.9 Å². The number of rotatable bonds is 4. The molecule has 2 aromatic heterocycles. The smallest absolute Gasteiger partial charge is 0.228 e. The van der Waals surface area contributed by atoms with E-state index in [1.165, 1.54) is 6.07 Å². The second-order valence-electron chi connectivity index (χ2n) is 9.61. The number of hydrogen-bond donors (Lipinski definition) is 0. The van der Waals surface area contributed by atoms with E-state index in [9.17, 15) is 9.18 Å². The molecule has 34 heavy (non-hydrogen) atoms. The molecule has 4 heterocycles. The SMILES string of the molecule is CC1(C(=O)N2CCC[C@H](c3cccc(-c4ccccc4F)n3)C2)CCN(c2ncccn2)CC1. The number of pyridine rings is 1. The quantitative estimate of drug-likeness (QED) is 0.566. The van der Waals surface area contributed by atoms with Crippen molar-refractivity contribution in [1.29, 1.82) is 0 Å². The first-order valence-electron chi connectivity index (χ1n) is 12.1. The molecule has 0 saturated carbocycles. The van der Waals surface area contributed by atoms with E-state index >= 15 is 0 Å². The van der Waals surface area contributed by atoms with Gasteiger partial charge < -0.3 is 9.80 Å². The topological polar surface area (TPSA) is 62.2 Å². The number of benzene rings is 1. The number of likely N-dealkylation sites (tertiary alicyclic amines) is 1. The molecule has 0 radical (unpaired) electrons. The average Bonchev–Trinajstić information content (AvgIpc) is 2.89. The molecule has 7 heteroatoms. The normalized spacial score (nSPS) is 20.2. The Morgan fingerprint density at radius 2 is 1.76 bits per heavy atom. The van der Waals surface area contributed by atoms with Gasteiger partial charge in [-0.05, 0) is 56.0 Å². The first-order chi connectivity index (χ1) is 16.5. The molecule has 2 aliphatic heterocycles. The van der Waals surface area contributed by atoms with Gasteiger partial charge >= 0.3 is 0 Å². The minimum atomic E-state index is -0.379. The Bertz CT molecular complexity index is 1150. The minimum Gasteiger partial charge on any atom is -0.342 e. The fourth-order valence-corrected chi connectivity index (χ4v) is 5.15. The third-order valence-electron chi connectivity index (χ3n) is 7.27. The van der Waals surface area contributed by atoms with Crippen molar-refractivity contribution in [3.05, 3.63) is 72.4 Å². The lowest BCUT2D eigenvalue weighted by Crippen LogP contribution is -2.51. The fraction of sp³-hybridized carbons (Fsp3) is 0.407. The van der Waals surface area contributed by atoms with Crippen molar-refractivity contribution < 1.29 is 9.18 Å². The molecule has 0 spiro atoms. The van der Waals surface area contributed by atoms with Crippen molar-refractivity contribution >= 4 is 11.9 Å². The summed E-state index contributed by atoms with van der Waals surface area (Å²) in [7, 11) is 0. The van der Waals surface area contributed by atoms with Gasteiger partial charge in [-0.3, -0.25) is 9.78 Å². The number of halogens is 1. The van der Waals surface area contributed by atoms with Crippen LogP contribution in [0, 0.1) is 11.2 Å². The molecule has 6 nitrogen and oxygen atoms in total. The van der Waals surface area contributed by atoms with Crippen LogP contribution in [0.5, 0.6) is 0 Å². The van der Waals surface area contributed by atoms with Gasteiger partial charge in [-0.25, -0.2) is 14.4 Å². The maximum absolute atomic E-state index is 14.3. The summed E-state index contributed by atoms with van der Waals surface area (Å²) in [6.45, 7) is 5.09. The van der Waals surface area contributed by atoms with Gasteiger partial charge in [0.05, 0.1) is 5.69 Å². The second kappa shape index (κ2) is 9.49. The molecule has 0 unspecified atom stereocenters. The number of anilines is 1. The highest BCUT2D eigenvalue weighted by atomic mass is 19.1. The standard InChI is InChI=1S/C27H30FN5O/c1-27(12-17-32(18-13-27)26-29-14-6-15-30-26)25(34)33-16-5-7-20(19-33)23-10-4-11-24(31-23)21-8-2-3-9-22(21)28/h2-4,6,8-11,14-15,20H,5,7,12-13,16-19H2,1H3/t20-/m0/s1. The Morgan fingerprint density at radius 1 is 1.00 bits per heavy atom. The summed E-state index contributed by atoms with van der Waals surface area (Å²) < 4.78 is 14.3. The third kappa shape index (κ3) is 4.52. The Labute approximate surface area is 199 Å². The highest BCUT2D eigenvalue weighted by Crippen LogP contribution is 2.36. The highest BCUT2D eigenvalue weighted by Gasteiger charge is 2.41. The van der Waals surface area contributed by atoms with Crippen LogP contribution in [0.15, 0.2) is 60.9 Å². The zero-order valence-corrected chi connectivity index (χ0v) is 19.5. The molecular weight excluding hydrogens is 429 g/mol. The number of nitrogens with zero attached hydrogens (tertiary/aromatic N) is 5. The number of hydrogen-bond acceptors (Lipinski definition) is 5. The maximum atomic E-state index is 14.3. The van der Waals surface area contributed by atoms with Crippen molar-refractivity contribution in [3.8, 4) is 11.3 Å². The average molecular weight is 460 g/mol. The van der Waals surface area contributed by atoms with Gasteiger partial charge in [-0.2, -0.15) is 0 Å². The highest BCUT2D eigenvalue weighted by molar-refractivity contribution is 5.83. The van der Waals surface area contributed by atoms with Crippen molar-refractivity contribution in [2.45, 2.75) is 38.5 Å². The predicted octanol–water partition coefficient (Wildman–Crippen LogP) is 4.69. The number of carbonyl (C=O) groups excluding carboxylic acids is 1. The molecule has 0 bridgehead atoms. The van der Waals surface area contributed by atoms with E-state index in [4.69, 9.17) is 4.98 Å². The largest absolute Gasteiger partial charge is 0.342 e. The molecule has 1 amide bonds. The second-order valence-corrected chi connectivity index (χ2v) is 9.61. The lowest BCUT2D eigenvalue weighted by atomic mass is 9.78. The number of amides is 1. The van der Waals surface area contributed by atoms with Crippen LogP contribution in [0.1, 0.15) is 44.2 Å². The summed E-state index contributed by atoms with van der Waals surface area (Å²) in [4.78, 5) is 31.3. The van der Waals surface area contributed by atoms with E-state index in [0.717, 1.165) is 57.0 Å².